The first-order valence-corrected chi connectivity index (χ1v) is 10.2. The van der Waals surface area contributed by atoms with E-state index in [9.17, 15) is 9.59 Å². The average molecular weight is 425 g/mol. The minimum atomic E-state index is -0.988. The highest BCUT2D eigenvalue weighted by Crippen LogP contribution is 2.35. The third-order valence-corrected chi connectivity index (χ3v) is 4.75. The van der Waals surface area contributed by atoms with Gasteiger partial charge in [-0.05, 0) is 51.1 Å². The second kappa shape index (κ2) is 10.0. The van der Waals surface area contributed by atoms with Crippen molar-refractivity contribution < 1.29 is 28.5 Å². The lowest BCUT2D eigenvalue weighted by Crippen LogP contribution is -2.29. The lowest BCUT2D eigenvalue weighted by molar-refractivity contribution is -0.148. The van der Waals surface area contributed by atoms with Gasteiger partial charge in [0.1, 0.15) is 23.4 Å². The third-order valence-electron chi connectivity index (χ3n) is 4.75. The Hall–Kier alpha value is -3.48. The molecule has 0 fully saturated rings. The molecule has 1 amide bonds. The quantitative estimate of drug-likeness (QED) is 0.508. The van der Waals surface area contributed by atoms with Gasteiger partial charge in [0.2, 0.25) is 0 Å². The molecule has 164 valence electrons. The van der Waals surface area contributed by atoms with Gasteiger partial charge in [-0.25, -0.2) is 4.79 Å². The number of carbonyl (C=O) groups is 2. The lowest BCUT2D eigenvalue weighted by atomic mass is 10.1. The van der Waals surface area contributed by atoms with Crippen molar-refractivity contribution in [1.82, 2.24) is 0 Å². The predicted molar refractivity (Wildman–Crippen MR) is 118 cm³/mol. The second-order valence-corrected chi connectivity index (χ2v) is 7.17. The van der Waals surface area contributed by atoms with E-state index in [1.54, 1.807) is 30.3 Å². The number of esters is 1. The molecule has 7 nitrogen and oxygen atoms in total. The first-order valence-electron chi connectivity index (χ1n) is 10.2. The van der Waals surface area contributed by atoms with Crippen LogP contribution in [0.2, 0.25) is 0 Å². The Morgan fingerprint density at radius 2 is 2.03 bits per heavy atom. The van der Waals surface area contributed by atoms with Crippen molar-refractivity contribution in [3.05, 3.63) is 53.6 Å². The molecule has 2 aromatic rings. The molecule has 1 aliphatic rings. The van der Waals surface area contributed by atoms with E-state index in [0.717, 1.165) is 17.7 Å². The number of nitrogens with one attached hydrogen (secondary N) is 1. The minimum Gasteiger partial charge on any atom is -0.495 e. The molecular weight excluding hydrogens is 398 g/mol. The van der Waals surface area contributed by atoms with Crippen LogP contribution in [0.25, 0.3) is 6.08 Å². The molecule has 1 N–H and O–H groups in total. The maximum atomic E-state index is 12.4. The van der Waals surface area contributed by atoms with Gasteiger partial charge in [0.05, 0.1) is 19.4 Å². The van der Waals surface area contributed by atoms with Crippen molar-refractivity contribution in [3.63, 3.8) is 0 Å². The van der Waals surface area contributed by atoms with E-state index >= 15 is 0 Å². The summed E-state index contributed by atoms with van der Waals surface area (Å²) in [4.78, 5) is 24.7. The number of amides is 1. The van der Waals surface area contributed by atoms with Crippen molar-refractivity contribution in [1.29, 1.82) is 0 Å². The molecule has 3 rings (SSSR count). The maximum absolute atomic E-state index is 12.4. The highest BCUT2D eigenvalue weighted by atomic mass is 16.5. The standard InChI is InChI=1S/C24H27NO6/c1-5-29-21-14-18-12-15(2)30-22(18)13-17(21)10-11-23(26)31-16(3)24(27)25-19-8-6-7-9-20(19)28-4/h6-11,13-16H,5,12H2,1-4H3,(H,25,27). The summed E-state index contributed by atoms with van der Waals surface area (Å²) in [5.41, 5.74) is 2.29. The topological polar surface area (TPSA) is 83.1 Å². The molecular formula is C24H27NO6. The number of methoxy groups -OCH3 is 1. The van der Waals surface area contributed by atoms with Crippen LogP contribution in [0, 0.1) is 0 Å². The number of carbonyl (C=O) groups excluding carboxylic acids is 2. The number of ether oxygens (including phenoxy) is 4. The largest absolute Gasteiger partial charge is 0.495 e. The Morgan fingerprint density at radius 1 is 1.26 bits per heavy atom. The van der Waals surface area contributed by atoms with Crippen LogP contribution in [0.3, 0.4) is 0 Å². The van der Waals surface area contributed by atoms with Gasteiger partial charge in [-0.2, -0.15) is 0 Å². The second-order valence-electron chi connectivity index (χ2n) is 7.17. The minimum absolute atomic E-state index is 0.108. The maximum Gasteiger partial charge on any atom is 0.331 e. The van der Waals surface area contributed by atoms with Crippen LogP contribution in [0.15, 0.2) is 42.5 Å². The SMILES string of the molecule is CCOc1cc2c(cc1C=CC(=O)OC(C)C(=O)Nc1ccccc1OC)OC(C)C2. The van der Waals surface area contributed by atoms with E-state index in [1.807, 2.05) is 26.0 Å². The molecule has 0 aromatic heterocycles. The highest BCUT2D eigenvalue weighted by molar-refractivity contribution is 5.97. The summed E-state index contributed by atoms with van der Waals surface area (Å²) < 4.78 is 21.9. The lowest BCUT2D eigenvalue weighted by Gasteiger charge is -2.14. The van der Waals surface area contributed by atoms with Crippen LogP contribution in [0.1, 0.15) is 31.9 Å². The van der Waals surface area contributed by atoms with Gasteiger partial charge < -0.3 is 24.3 Å². The Bertz CT molecular complexity index is 984. The summed E-state index contributed by atoms with van der Waals surface area (Å²) in [6.45, 7) is 5.91. The molecule has 0 spiro atoms. The summed E-state index contributed by atoms with van der Waals surface area (Å²) in [6.07, 6.45) is 2.81. The Kier molecular flexibility index (Phi) is 7.18. The van der Waals surface area contributed by atoms with E-state index in [1.165, 1.54) is 20.1 Å². The number of benzene rings is 2. The fourth-order valence-electron chi connectivity index (χ4n) is 3.27. The smallest absolute Gasteiger partial charge is 0.331 e. The average Bonchev–Trinajstić information content (AvgIpc) is 3.11. The van der Waals surface area contributed by atoms with Crippen LogP contribution in [0.4, 0.5) is 5.69 Å². The van der Waals surface area contributed by atoms with Crippen molar-refractivity contribution in [2.24, 2.45) is 0 Å². The Balaban J connectivity index is 1.65. The van der Waals surface area contributed by atoms with Gasteiger partial charge in [0.25, 0.3) is 5.91 Å². The summed E-state index contributed by atoms with van der Waals surface area (Å²) >= 11 is 0. The summed E-state index contributed by atoms with van der Waals surface area (Å²) in [6, 6.07) is 10.8. The number of hydrogen-bond donors (Lipinski definition) is 1. The van der Waals surface area contributed by atoms with Crippen molar-refractivity contribution in [3.8, 4) is 17.2 Å². The molecule has 0 bridgehead atoms. The molecule has 2 unspecified atom stereocenters. The fourth-order valence-corrected chi connectivity index (χ4v) is 3.27. The van der Waals surface area contributed by atoms with Crippen LogP contribution < -0.4 is 19.5 Å². The number of para-hydroxylation sites is 2. The molecule has 0 aliphatic carbocycles. The van der Waals surface area contributed by atoms with Crippen molar-refractivity contribution in [2.45, 2.75) is 39.4 Å². The summed E-state index contributed by atoms with van der Waals surface area (Å²) in [5, 5.41) is 2.70. The summed E-state index contributed by atoms with van der Waals surface area (Å²) in [5.74, 6) is 0.880. The molecule has 2 atom stereocenters. The molecule has 0 saturated heterocycles. The number of anilines is 1. The third kappa shape index (κ3) is 5.57. The molecule has 2 aromatic carbocycles. The van der Waals surface area contributed by atoms with Gasteiger partial charge >= 0.3 is 5.97 Å². The van der Waals surface area contributed by atoms with Crippen LogP contribution in [-0.4, -0.2) is 37.8 Å². The molecule has 1 aliphatic heterocycles. The normalized spacial score (nSPS) is 15.7. The first-order chi connectivity index (χ1) is 14.9. The zero-order valence-electron chi connectivity index (χ0n) is 18.1. The van der Waals surface area contributed by atoms with E-state index in [2.05, 4.69) is 5.32 Å². The molecule has 1 heterocycles. The van der Waals surface area contributed by atoms with E-state index in [4.69, 9.17) is 18.9 Å². The summed E-state index contributed by atoms with van der Waals surface area (Å²) in [7, 11) is 1.51. The van der Waals surface area contributed by atoms with Crippen LogP contribution in [-0.2, 0) is 20.7 Å². The molecule has 0 saturated carbocycles. The van der Waals surface area contributed by atoms with Gasteiger partial charge in [0, 0.05) is 23.6 Å². The van der Waals surface area contributed by atoms with Crippen LogP contribution in [0.5, 0.6) is 17.2 Å². The van der Waals surface area contributed by atoms with Crippen molar-refractivity contribution in [2.75, 3.05) is 19.0 Å². The monoisotopic (exact) mass is 425 g/mol. The zero-order chi connectivity index (χ0) is 22.4. The van der Waals surface area contributed by atoms with Gasteiger partial charge in [-0.3, -0.25) is 4.79 Å². The Labute approximate surface area is 181 Å². The van der Waals surface area contributed by atoms with Gasteiger partial charge in [0.15, 0.2) is 6.10 Å². The number of rotatable bonds is 8. The molecule has 7 heteroatoms. The van der Waals surface area contributed by atoms with E-state index in [0.29, 0.717) is 29.4 Å². The van der Waals surface area contributed by atoms with E-state index in [-0.39, 0.29) is 6.10 Å². The Morgan fingerprint density at radius 3 is 2.77 bits per heavy atom. The molecule has 0 radical (unpaired) electrons. The predicted octanol–water partition coefficient (Wildman–Crippen LogP) is 4.00. The van der Waals surface area contributed by atoms with E-state index < -0.39 is 18.0 Å². The fraction of sp³-hybridized carbons (Fsp3) is 0.333. The number of fused-ring (bicyclic) bond motifs is 1. The number of hydrogen-bond acceptors (Lipinski definition) is 6. The van der Waals surface area contributed by atoms with Crippen molar-refractivity contribution >= 4 is 23.6 Å². The molecule has 31 heavy (non-hydrogen) atoms. The first kappa shape index (κ1) is 22.2. The van der Waals surface area contributed by atoms with Gasteiger partial charge in [-0.1, -0.05) is 12.1 Å². The highest BCUT2D eigenvalue weighted by Gasteiger charge is 2.22. The van der Waals surface area contributed by atoms with Gasteiger partial charge in [-0.15, -0.1) is 0 Å². The zero-order valence-corrected chi connectivity index (χ0v) is 18.1. The van der Waals surface area contributed by atoms with Crippen LogP contribution >= 0.6 is 0 Å².